The predicted molar refractivity (Wildman–Crippen MR) is 114 cm³/mol. The van der Waals surface area contributed by atoms with Gasteiger partial charge in [-0.2, -0.15) is 0 Å². The molecule has 7 nitrogen and oxygen atoms in total. The molecule has 0 saturated carbocycles. The Bertz CT molecular complexity index is 1080. The lowest BCUT2D eigenvalue weighted by atomic mass is 10.1. The molecule has 1 aliphatic carbocycles. The van der Waals surface area contributed by atoms with Gasteiger partial charge in [-0.1, -0.05) is 0 Å². The third kappa shape index (κ3) is 3.74. The number of hydrogen-bond donors (Lipinski definition) is 0. The number of Topliss-reactive ketones (excluding diaryl/α,β-unsaturated/α-hetero) is 1. The Morgan fingerprint density at radius 3 is 2.69 bits per heavy atom. The lowest BCUT2D eigenvalue weighted by molar-refractivity contribution is -0.121. The Morgan fingerprint density at radius 2 is 1.94 bits per heavy atom. The molecule has 1 aromatic heterocycles. The summed E-state index contributed by atoms with van der Waals surface area (Å²) in [5.41, 5.74) is 1.65. The van der Waals surface area contributed by atoms with Crippen LogP contribution in [0, 0.1) is 11.7 Å². The summed E-state index contributed by atoms with van der Waals surface area (Å²) in [6.45, 7) is 2.15. The molecule has 2 aliphatic heterocycles. The normalized spacial score (nSPS) is 20.2. The second-order valence-electron chi connectivity index (χ2n) is 8.54. The van der Waals surface area contributed by atoms with E-state index in [9.17, 15) is 18.8 Å². The van der Waals surface area contributed by atoms with Crippen LogP contribution in [0.3, 0.4) is 0 Å². The standard InChI is InChI=1S/C24H24FN3O4/c25-20-12-16(11-19-18(20)4-6-22(19)29)28-10-7-15(23(28)30)14-32-17-3-5-21(26-13-17)24(31)27-8-1-2-9-27/h3,5,11-13,15H,1-2,4,6-10,14H2. The fourth-order valence-corrected chi connectivity index (χ4v) is 4.68. The third-order valence-corrected chi connectivity index (χ3v) is 6.51. The van der Waals surface area contributed by atoms with Crippen LogP contribution >= 0.6 is 0 Å². The Morgan fingerprint density at radius 1 is 1.12 bits per heavy atom. The average molecular weight is 437 g/mol. The molecule has 2 amide bonds. The first-order chi connectivity index (χ1) is 15.5. The van der Waals surface area contributed by atoms with Crippen LogP contribution < -0.4 is 9.64 Å². The maximum Gasteiger partial charge on any atom is 0.272 e. The minimum atomic E-state index is -0.425. The van der Waals surface area contributed by atoms with Gasteiger partial charge >= 0.3 is 0 Å². The fourth-order valence-electron chi connectivity index (χ4n) is 4.68. The molecule has 1 unspecified atom stereocenters. The van der Waals surface area contributed by atoms with Crippen molar-refractivity contribution in [1.82, 2.24) is 9.88 Å². The van der Waals surface area contributed by atoms with Gasteiger partial charge in [0.05, 0.1) is 18.7 Å². The number of aromatic nitrogens is 1. The molecule has 3 aliphatic rings. The first kappa shape index (κ1) is 20.6. The lowest BCUT2D eigenvalue weighted by Gasteiger charge is -2.18. The fraction of sp³-hybridized carbons (Fsp3) is 0.417. The van der Waals surface area contributed by atoms with E-state index in [1.807, 2.05) is 0 Å². The summed E-state index contributed by atoms with van der Waals surface area (Å²) >= 11 is 0. The highest BCUT2D eigenvalue weighted by Gasteiger charge is 2.35. The van der Waals surface area contributed by atoms with Crippen molar-refractivity contribution in [2.24, 2.45) is 5.92 Å². The summed E-state index contributed by atoms with van der Waals surface area (Å²) in [6, 6.07) is 6.31. The molecule has 0 spiro atoms. The molecule has 166 valence electrons. The van der Waals surface area contributed by atoms with E-state index in [1.165, 1.54) is 17.2 Å². The number of rotatable bonds is 5. The van der Waals surface area contributed by atoms with E-state index in [0.29, 0.717) is 54.1 Å². The van der Waals surface area contributed by atoms with Gasteiger partial charge < -0.3 is 14.5 Å². The number of hydrogen-bond acceptors (Lipinski definition) is 5. The minimum absolute atomic E-state index is 0.0734. The van der Waals surface area contributed by atoms with Crippen molar-refractivity contribution in [3.8, 4) is 5.75 Å². The number of carbonyl (C=O) groups is 3. The molecule has 32 heavy (non-hydrogen) atoms. The van der Waals surface area contributed by atoms with Crippen LogP contribution in [0.25, 0.3) is 0 Å². The number of fused-ring (bicyclic) bond motifs is 1. The van der Waals surface area contributed by atoms with Crippen LogP contribution in [0.4, 0.5) is 10.1 Å². The van der Waals surface area contributed by atoms with Crippen LogP contribution in [0.1, 0.15) is 52.1 Å². The molecule has 0 N–H and O–H groups in total. The van der Waals surface area contributed by atoms with Gasteiger partial charge in [0.15, 0.2) is 5.78 Å². The summed E-state index contributed by atoms with van der Waals surface area (Å²) in [5.74, 6) is -0.604. The van der Waals surface area contributed by atoms with Gasteiger partial charge in [0.25, 0.3) is 5.91 Å². The zero-order valence-electron chi connectivity index (χ0n) is 17.7. The zero-order valence-corrected chi connectivity index (χ0v) is 17.7. The molecule has 1 atom stereocenters. The van der Waals surface area contributed by atoms with Crippen LogP contribution in [0.15, 0.2) is 30.5 Å². The highest BCUT2D eigenvalue weighted by Crippen LogP contribution is 2.33. The quantitative estimate of drug-likeness (QED) is 0.719. The Kier molecular flexibility index (Phi) is 5.36. The zero-order chi connectivity index (χ0) is 22.2. The number of likely N-dealkylation sites (tertiary alicyclic amines) is 1. The summed E-state index contributed by atoms with van der Waals surface area (Å²) in [7, 11) is 0. The second kappa shape index (κ2) is 8.33. The number of carbonyl (C=O) groups excluding carboxylic acids is 3. The molecule has 2 fully saturated rings. The van der Waals surface area contributed by atoms with Gasteiger partial charge in [0.2, 0.25) is 5.91 Å². The highest BCUT2D eigenvalue weighted by molar-refractivity contribution is 6.03. The molecule has 8 heteroatoms. The SMILES string of the molecule is O=C1CCc2c(F)cc(N3CCC(COc4ccc(C(=O)N5CCCC5)nc4)C3=O)cc21. The number of ether oxygens (including phenoxy) is 1. The lowest BCUT2D eigenvalue weighted by Crippen LogP contribution is -2.29. The molecule has 0 bridgehead atoms. The van der Waals surface area contributed by atoms with Crippen molar-refractivity contribution in [2.75, 3.05) is 31.1 Å². The molecular weight excluding hydrogens is 413 g/mol. The maximum atomic E-state index is 14.4. The molecular formula is C24H24FN3O4. The summed E-state index contributed by atoms with van der Waals surface area (Å²) in [5, 5.41) is 0. The van der Waals surface area contributed by atoms with Crippen LogP contribution in [0.2, 0.25) is 0 Å². The van der Waals surface area contributed by atoms with Crippen molar-refractivity contribution in [3.63, 3.8) is 0 Å². The van der Waals surface area contributed by atoms with Crippen LogP contribution in [-0.2, 0) is 11.2 Å². The highest BCUT2D eigenvalue weighted by atomic mass is 19.1. The third-order valence-electron chi connectivity index (χ3n) is 6.51. The number of halogens is 1. The molecule has 3 heterocycles. The molecule has 2 aromatic rings. The first-order valence-electron chi connectivity index (χ1n) is 11.1. The Hall–Kier alpha value is -3.29. The second-order valence-corrected chi connectivity index (χ2v) is 8.54. The number of pyridine rings is 1. The molecule has 0 radical (unpaired) electrons. The first-order valence-corrected chi connectivity index (χ1v) is 11.1. The topological polar surface area (TPSA) is 79.8 Å². The van der Waals surface area contributed by atoms with E-state index in [2.05, 4.69) is 4.98 Å². The number of ketones is 1. The van der Waals surface area contributed by atoms with Gasteiger partial charge in [0.1, 0.15) is 17.3 Å². The number of nitrogens with zero attached hydrogens (tertiary/aromatic N) is 3. The Labute approximate surface area is 185 Å². The smallest absolute Gasteiger partial charge is 0.272 e. The van der Waals surface area contributed by atoms with E-state index < -0.39 is 5.82 Å². The number of anilines is 1. The predicted octanol–water partition coefficient (Wildman–Crippen LogP) is 3.02. The van der Waals surface area contributed by atoms with E-state index in [1.54, 1.807) is 23.1 Å². The van der Waals surface area contributed by atoms with Crippen molar-refractivity contribution in [2.45, 2.75) is 32.1 Å². The average Bonchev–Trinajstić information content (AvgIpc) is 3.54. The van der Waals surface area contributed by atoms with E-state index in [0.717, 1.165) is 25.9 Å². The Balaban J connectivity index is 1.21. The number of benzene rings is 1. The van der Waals surface area contributed by atoms with Crippen LogP contribution in [-0.4, -0.2) is 53.7 Å². The van der Waals surface area contributed by atoms with Crippen molar-refractivity contribution < 1.29 is 23.5 Å². The molecule has 5 rings (SSSR count). The van der Waals surface area contributed by atoms with Crippen LogP contribution in [0.5, 0.6) is 5.75 Å². The number of amides is 2. The van der Waals surface area contributed by atoms with E-state index >= 15 is 0 Å². The van der Waals surface area contributed by atoms with E-state index in [4.69, 9.17) is 4.74 Å². The van der Waals surface area contributed by atoms with Gasteiger partial charge in [0, 0.05) is 37.3 Å². The summed E-state index contributed by atoms with van der Waals surface area (Å²) in [6.07, 6.45) is 4.85. The van der Waals surface area contributed by atoms with Crippen molar-refractivity contribution >= 4 is 23.3 Å². The van der Waals surface area contributed by atoms with Crippen molar-refractivity contribution in [3.05, 3.63) is 53.1 Å². The monoisotopic (exact) mass is 437 g/mol. The van der Waals surface area contributed by atoms with Gasteiger partial charge in [-0.05, 0) is 55.5 Å². The minimum Gasteiger partial charge on any atom is -0.491 e. The molecule has 2 saturated heterocycles. The van der Waals surface area contributed by atoms with E-state index in [-0.39, 0.29) is 30.1 Å². The van der Waals surface area contributed by atoms with Gasteiger partial charge in [-0.15, -0.1) is 0 Å². The summed E-state index contributed by atoms with van der Waals surface area (Å²) < 4.78 is 20.2. The summed E-state index contributed by atoms with van der Waals surface area (Å²) in [4.78, 5) is 44.8. The maximum absolute atomic E-state index is 14.4. The van der Waals surface area contributed by atoms with Gasteiger partial charge in [-0.25, -0.2) is 9.37 Å². The van der Waals surface area contributed by atoms with Gasteiger partial charge in [-0.3, -0.25) is 14.4 Å². The molecule has 1 aromatic carbocycles. The largest absolute Gasteiger partial charge is 0.491 e. The van der Waals surface area contributed by atoms with Crippen molar-refractivity contribution in [1.29, 1.82) is 0 Å².